The molecule has 1 atom stereocenters. The van der Waals surface area contributed by atoms with Gasteiger partial charge in [-0.05, 0) is 72.6 Å². The third kappa shape index (κ3) is 9.68. The van der Waals surface area contributed by atoms with Gasteiger partial charge in [0.15, 0.2) is 0 Å². The second kappa shape index (κ2) is 14.8. The molecule has 0 radical (unpaired) electrons. The van der Waals surface area contributed by atoms with Crippen LogP contribution in [0.15, 0.2) is 83.8 Å². The molecule has 1 aliphatic carbocycles. The second-order valence-electron chi connectivity index (χ2n) is 11.4. The first-order valence-corrected chi connectivity index (χ1v) is 16.4. The van der Waals surface area contributed by atoms with E-state index in [9.17, 15) is 18.0 Å². The molecule has 0 unspecified atom stereocenters. The number of sulfonamides is 1. The van der Waals surface area contributed by atoms with E-state index in [-0.39, 0.29) is 35.7 Å². The molecule has 1 aliphatic rings. The Morgan fingerprint density at radius 3 is 2.17 bits per heavy atom. The van der Waals surface area contributed by atoms with Gasteiger partial charge in [-0.15, -0.1) is 0 Å². The van der Waals surface area contributed by atoms with Crippen molar-refractivity contribution in [2.24, 2.45) is 5.92 Å². The number of halogens is 1. The highest BCUT2D eigenvalue weighted by Crippen LogP contribution is 2.23. The zero-order chi connectivity index (χ0) is 30.1. The average molecular weight is 610 g/mol. The predicted octanol–water partition coefficient (Wildman–Crippen LogP) is 5.52. The number of aryl methyl sites for hydroxylation is 1. The first kappa shape index (κ1) is 31.7. The van der Waals surface area contributed by atoms with Crippen LogP contribution in [-0.2, 0) is 39.0 Å². The van der Waals surface area contributed by atoms with Crippen molar-refractivity contribution in [1.82, 2.24) is 14.9 Å². The van der Waals surface area contributed by atoms with Gasteiger partial charge in [-0.1, -0.05) is 80.0 Å². The highest BCUT2D eigenvalue weighted by Gasteiger charge is 2.30. The van der Waals surface area contributed by atoms with E-state index in [0.29, 0.717) is 30.3 Å². The quantitative estimate of drug-likeness (QED) is 0.237. The lowest BCUT2D eigenvalue weighted by Gasteiger charge is -2.32. The summed E-state index contributed by atoms with van der Waals surface area (Å²) in [5.74, 6) is 0.104. The Bertz CT molecular complexity index is 1420. The van der Waals surface area contributed by atoms with Crippen molar-refractivity contribution < 1.29 is 18.0 Å². The Morgan fingerprint density at radius 2 is 1.55 bits per heavy atom. The van der Waals surface area contributed by atoms with Crippen LogP contribution in [0.4, 0.5) is 0 Å². The Balaban J connectivity index is 1.53. The van der Waals surface area contributed by atoms with Crippen molar-refractivity contribution in [1.29, 1.82) is 0 Å². The van der Waals surface area contributed by atoms with Crippen LogP contribution >= 0.6 is 11.6 Å². The zero-order valence-corrected chi connectivity index (χ0v) is 25.8. The number of hydrogen-bond donors (Lipinski definition) is 2. The summed E-state index contributed by atoms with van der Waals surface area (Å²) in [4.78, 5) is 29.4. The molecule has 1 saturated carbocycles. The summed E-state index contributed by atoms with van der Waals surface area (Å²) >= 11 is 6.11. The minimum Gasteiger partial charge on any atom is -0.354 e. The van der Waals surface area contributed by atoms with Gasteiger partial charge in [0.2, 0.25) is 21.8 Å². The van der Waals surface area contributed by atoms with Crippen molar-refractivity contribution in [3.8, 4) is 0 Å². The van der Waals surface area contributed by atoms with E-state index in [2.05, 4.69) is 23.9 Å². The van der Waals surface area contributed by atoms with Gasteiger partial charge in [-0.25, -0.2) is 13.1 Å². The van der Waals surface area contributed by atoms with Crippen molar-refractivity contribution in [2.75, 3.05) is 6.54 Å². The van der Waals surface area contributed by atoms with Crippen molar-refractivity contribution >= 4 is 33.4 Å². The molecule has 0 saturated heterocycles. The fourth-order valence-electron chi connectivity index (χ4n) is 4.66. The average Bonchev–Trinajstić information content (AvgIpc) is 3.78. The van der Waals surface area contributed by atoms with Crippen LogP contribution in [0.3, 0.4) is 0 Å². The minimum atomic E-state index is -3.54. The Morgan fingerprint density at radius 1 is 0.905 bits per heavy atom. The molecule has 0 aromatic heterocycles. The normalized spacial score (nSPS) is 14.0. The summed E-state index contributed by atoms with van der Waals surface area (Å²) in [5, 5.41) is 3.66. The standard InChI is InChI=1S/C33H40ClN3O4S/c1-24(2)20-21-35-33(39)31(22-26-6-4-3-5-7-26)37(23-27-8-13-28(34)14-9-27)32(38)19-12-25-10-17-30(18-11-25)42(40,41)36-29-15-16-29/h3-11,13-14,17-18,24,29,31,36H,12,15-16,19-23H2,1-2H3,(H,35,39)/t31-/m1/s1. The minimum absolute atomic E-state index is 0.0327. The predicted molar refractivity (Wildman–Crippen MR) is 167 cm³/mol. The molecule has 0 aliphatic heterocycles. The zero-order valence-electron chi connectivity index (χ0n) is 24.3. The molecule has 1 fully saturated rings. The van der Waals surface area contributed by atoms with Gasteiger partial charge in [0.05, 0.1) is 4.90 Å². The van der Waals surface area contributed by atoms with E-state index in [1.54, 1.807) is 41.3 Å². The van der Waals surface area contributed by atoms with Gasteiger partial charge in [-0.2, -0.15) is 0 Å². The number of rotatable bonds is 15. The highest BCUT2D eigenvalue weighted by molar-refractivity contribution is 7.89. The van der Waals surface area contributed by atoms with Crippen molar-refractivity contribution in [2.45, 2.75) is 75.9 Å². The molecule has 42 heavy (non-hydrogen) atoms. The fraction of sp³-hybridized carbons (Fsp3) is 0.394. The van der Waals surface area contributed by atoms with Gasteiger partial charge in [0.25, 0.3) is 0 Å². The molecule has 9 heteroatoms. The largest absolute Gasteiger partial charge is 0.354 e. The maximum absolute atomic E-state index is 13.9. The van der Waals surface area contributed by atoms with Gasteiger partial charge in [0.1, 0.15) is 6.04 Å². The van der Waals surface area contributed by atoms with Crippen molar-refractivity contribution in [3.05, 3.63) is 101 Å². The molecule has 2 amide bonds. The first-order valence-electron chi connectivity index (χ1n) is 14.6. The summed E-state index contributed by atoms with van der Waals surface area (Å²) in [6, 6.07) is 23.0. The summed E-state index contributed by atoms with van der Waals surface area (Å²) in [6.45, 7) is 5.01. The van der Waals surface area contributed by atoms with Gasteiger partial charge < -0.3 is 10.2 Å². The van der Waals surface area contributed by atoms with Crippen LogP contribution in [0.5, 0.6) is 0 Å². The van der Waals surface area contributed by atoms with Crippen LogP contribution in [0.1, 0.15) is 56.2 Å². The molecule has 224 valence electrons. The Hall–Kier alpha value is -3.20. The van der Waals surface area contributed by atoms with Crippen LogP contribution < -0.4 is 10.0 Å². The molecule has 0 spiro atoms. The lowest BCUT2D eigenvalue weighted by atomic mass is 10.0. The first-order chi connectivity index (χ1) is 20.1. The summed E-state index contributed by atoms with van der Waals surface area (Å²) in [7, 11) is -3.54. The molecule has 3 aromatic rings. The molecule has 2 N–H and O–H groups in total. The maximum atomic E-state index is 13.9. The Labute approximate surface area is 254 Å². The number of nitrogens with one attached hydrogen (secondary N) is 2. The van der Waals surface area contributed by atoms with Gasteiger partial charge in [-0.3, -0.25) is 9.59 Å². The smallest absolute Gasteiger partial charge is 0.243 e. The third-order valence-electron chi connectivity index (χ3n) is 7.32. The molecular weight excluding hydrogens is 570 g/mol. The molecule has 0 bridgehead atoms. The Kier molecular flexibility index (Phi) is 11.2. The number of carbonyl (C=O) groups excluding carboxylic acids is 2. The number of carbonyl (C=O) groups is 2. The number of amides is 2. The summed E-state index contributed by atoms with van der Waals surface area (Å²) < 4.78 is 27.7. The third-order valence-corrected chi connectivity index (χ3v) is 9.11. The van der Waals surface area contributed by atoms with Crippen LogP contribution in [0, 0.1) is 5.92 Å². The highest BCUT2D eigenvalue weighted by atomic mass is 35.5. The van der Waals surface area contributed by atoms with Gasteiger partial charge >= 0.3 is 0 Å². The molecule has 4 rings (SSSR count). The van der Waals surface area contributed by atoms with E-state index in [0.717, 1.165) is 36.0 Å². The lowest BCUT2D eigenvalue weighted by molar-refractivity contribution is -0.141. The van der Waals surface area contributed by atoms with E-state index < -0.39 is 16.1 Å². The summed E-state index contributed by atoms with van der Waals surface area (Å²) in [5.41, 5.74) is 2.69. The molecule has 0 heterocycles. The second-order valence-corrected chi connectivity index (χ2v) is 13.5. The van der Waals surface area contributed by atoms with Crippen LogP contribution in [0.2, 0.25) is 5.02 Å². The number of hydrogen-bond acceptors (Lipinski definition) is 4. The van der Waals surface area contributed by atoms with Crippen LogP contribution in [-0.4, -0.2) is 43.8 Å². The van der Waals surface area contributed by atoms with Gasteiger partial charge in [0, 0.05) is 37.0 Å². The molecule has 3 aromatic carbocycles. The van der Waals surface area contributed by atoms with E-state index in [1.807, 2.05) is 42.5 Å². The van der Waals surface area contributed by atoms with Crippen molar-refractivity contribution in [3.63, 3.8) is 0 Å². The molecular formula is C33H40ClN3O4S. The lowest BCUT2D eigenvalue weighted by Crippen LogP contribution is -2.50. The molecule has 7 nitrogen and oxygen atoms in total. The van der Waals surface area contributed by atoms with Crippen LogP contribution in [0.25, 0.3) is 0 Å². The van der Waals surface area contributed by atoms with E-state index in [1.165, 1.54) is 0 Å². The maximum Gasteiger partial charge on any atom is 0.243 e. The summed E-state index contributed by atoms with van der Waals surface area (Å²) in [6.07, 6.45) is 3.55. The number of benzene rings is 3. The monoisotopic (exact) mass is 609 g/mol. The topological polar surface area (TPSA) is 95.6 Å². The number of nitrogens with zero attached hydrogens (tertiary/aromatic N) is 1. The van der Waals surface area contributed by atoms with E-state index in [4.69, 9.17) is 11.6 Å². The SMILES string of the molecule is CC(C)CCNC(=O)[C@@H](Cc1ccccc1)N(Cc1ccc(Cl)cc1)C(=O)CCc1ccc(S(=O)(=O)NC2CC2)cc1. The van der Waals surface area contributed by atoms with E-state index >= 15 is 0 Å². The fourth-order valence-corrected chi connectivity index (χ4v) is 6.09.